The molecule has 3 aromatic rings. The second kappa shape index (κ2) is 10.4. The monoisotopic (exact) mass is 577 g/mol. The molecule has 1 saturated heterocycles. The first kappa shape index (κ1) is 27.7. The lowest BCUT2D eigenvalue weighted by Gasteiger charge is -2.28. The van der Waals surface area contributed by atoms with Crippen LogP contribution in [0.2, 0.25) is 10.0 Å². The second-order valence-electron chi connectivity index (χ2n) is 8.95. The van der Waals surface area contributed by atoms with Crippen LogP contribution in [0, 0.1) is 0 Å². The topological polar surface area (TPSA) is 92.2 Å². The Balaban J connectivity index is 1.90. The summed E-state index contributed by atoms with van der Waals surface area (Å²) in [6.07, 6.45) is -2.10. The van der Waals surface area contributed by atoms with Crippen molar-refractivity contribution in [3.05, 3.63) is 71.8 Å². The van der Waals surface area contributed by atoms with Gasteiger partial charge in [-0.25, -0.2) is 13.2 Å². The van der Waals surface area contributed by atoms with Gasteiger partial charge in [0.2, 0.25) is 0 Å². The number of piperidine rings is 1. The lowest BCUT2D eigenvalue weighted by molar-refractivity contribution is -0.138. The summed E-state index contributed by atoms with van der Waals surface area (Å²) >= 11 is 12.4. The molecule has 200 valence electrons. The second-order valence-corrected chi connectivity index (χ2v) is 12.0. The molecule has 1 aromatic heterocycles. The Morgan fingerprint density at radius 1 is 1.03 bits per heavy atom. The van der Waals surface area contributed by atoms with Crippen molar-refractivity contribution in [2.24, 2.45) is 0 Å². The maximum absolute atomic E-state index is 14.1. The van der Waals surface area contributed by atoms with Gasteiger partial charge in [0.15, 0.2) is 9.84 Å². The summed E-state index contributed by atoms with van der Waals surface area (Å²) in [6.45, 7) is 2.08. The normalized spacial score (nSPS) is 15.4. The number of fused-ring (bicyclic) bond motifs is 1. The summed E-state index contributed by atoms with van der Waals surface area (Å²) < 4.78 is 68.0. The summed E-state index contributed by atoms with van der Waals surface area (Å²) in [4.78, 5) is 30.4. The number of H-pyrrole nitrogens is 1. The number of hydrogen-bond acceptors (Lipinski definition) is 5. The van der Waals surface area contributed by atoms with E-state index in [1.54, 1.807) is 0 Å². The van der Waals surface area contributed by atoms with Crippen LogP contribution in [0.5, 0.6) is 0 Å². The van der Waals surface area contributed by atoms with Gasteiger partial charge < -0.3 is 4.98 Å². The molecule has 1 aliphatic heterocycles. The highest BCUT2D eigenvalue weighted by Gasteiger charge is 2.36. The molecule has 0 atom stereocenters. The number of aromatic nitrogens is 2. The summed E-state index contributed by atoms with van der Waals surface area (Å²) in [7, 11) is -3.75. The summed E-state index contributed by atoms with van der Waals surface area (Å²) in [5.41, 5.74) is -3.37. The molecule has 1 aliphatic rings. The Morgan fingerprint density at radius 3 is 2.32 bits per heavy atom. The first-order chi connectivity index (χ1) is 17.3. The van der Waals surface area contributed by atoms with Gasteiger partial charge in [-0.05, 0) is 61.3 Å². The van der Waals surface area contributed by atoms with Crippen molar-refractivity contribution >= 4 is 43.9 Å². The van der Waals surface area contributed by atoms with Crippen LogP contribution in [-0.4, -0.2) is 41.7 Å². The number of rotatable bonds is 6. The minimum Gasteiger partial charge on any atom is -0.305 e. The molecule has 1 fully saturated rings. The van der Waals surface area contributed by atoms with Crippen molar-refractivity contribution in [3.8, 4) is 0 Å². The average molecular weight is 578 g/mol. The quantitative estimate of drug-likeness (QED) is 0.452. The molecule has 1 N–H and O–H groups in total. The number of nitrogens with one attached hydrogen (secondary N) is 1. The van der Waals surface area contributed by atoms with Crippen molar-refractivity contribution in [3.63, 3.8) is 0 Å². The molecule has 0 unspecified atom stereocenters. The SMILES string of the molecule is CCS(=O)(=O)c1ccc(Cl)cc1Cn1c(=O)[nH]c2c(Cl)c(CN3CCCCC3)c(C(F)(F)F)cc2c1=O. The molecule has 2 heterocycles. The highest BCUT2D eigenvalue weighted by molar-refractivity contribution is 7.91. The Labute approximate surface area is 220 Å². The maximum atomic E-state index is 14.1. The predicted molar refractivity (Wildman–Crippen MR) is 136 cm³/mol. The number of benzene rings is 2. The van der Waals surface area contributed by atoms with E-state index < -0.39 is 44.8 Å². The molecule has 2 aromatic carbocycles. The van der Waals surface area contributed by atoms with Crippen LogP contribution >= 0.6 is 23.2 Å². The van der Waals surface area contributed by atoms with Crippen LogP contribution in [0.4, 0.5) is 13.2 Å². The van der Waals surface area contributed by atoms with Gasteiger partial charge in [0.05, 0.1) is 38.7 Å². The van der Waals surface area contributed by atoms with E-state index in [1.807, 2.05) is 4.90 Å². The fraction of sp³-hybridized carbons (Fsp3) is 0.417. The highest BCUT2D eigenvalue weighted by atomic mass is 35.5. The van der Waals surface area contributed by atoms with Gasteiger partial charge in [0, 0.05) is 11.6 Å². The molecule has 0 amide bonds. The zero-order valence-corrected chi connectivity index (χ0v) is 22.1. The van der Waals surface area contributed by atoms with Gasteiger partial charge in [0.25, 0.3) is 5.56 Å². The lowest BCUT2D eigenvalue weighted by Crippen LogP contribution is -2.36. The Morgan fingerprint density at radius 2 is 1.70 bits per heavy atom. The van der Waals surface area contributed by atoms with Gasteiger partial charge in [-0.3, -0.25) is 14.3 Å². The summed E-state index contributed by atoms with van der Waals surface area (Å²) in [6, 6.07) is 4.63. The smallest absolute Gasteiger partial charge is 0.305 e. The van der Waals surface area contributed by atoms with Crippen LogP contribution in [0.25, 0.3) is 10.9 Å². The molecule has 0 radical (unpaired) electrons. The van der Waals surface area contributed by atoms with Crippen LogP contribution in [-0.2, 0) is 29.1 Å². The Hall–Kier alpha value is -2.34. The molecule has 13 heteroatoms. The first-order valence-corrected chi connectivity index (χ1v) is 14.0. The fourth-order valence-electron chi connectivity index (χ4n) is 4.59. The zero-order valence-electron chi connectivity index (χ0n) is 19.8. The number of alkyl halides is 3. The fourth-order valence-corrected chi connectivity index (χ4v) is 6.20. The standard InChI is InChI=1S/C24H24Cl2F3N3O4S/c1-2-37(35,36)19-7-6-15(25)10-14(19)12-32-22(33)16-11-18(24(27,28)29)17(13-31-8-4-3-5-9-31)20(26)21(16)30-23(32)34/h6-7,10-11H,2-5,8-9,12-13H2,1H3,(H,30,34). The van der Waals surface area contributed by atoms with Gasteiger partial charge >= 0.3 is 11.9 Å². The van der Waals surface area contributed by atoms with E-state index in [9.17, 15) is 31.2 Å². The molecule has 7 nitrogen and oxygen atoms in total. The molecule has 0 bridgehead atoms. The van der Waals surface area contributed by atoms with Gasteiger partial charge in [-0.2, -0.15) is 13.2 Å². The van der Waals surface area contributed by atoms with Crippen molar-refractivity contribution in [1.82, 2.24) is 14.5 Å². The van der Waals surface area contributed by atoms with E-state index >= 15 is 0 Å². The van der Waals surface area contributed by atoms with Crippen LogP contribution < -0.4 is 11.2 Å². The van der Waals surface area contributed by atoms with E-state index in [-0.39, 0.29) is 43.9 Å². The third kappa shape index (κ3) is 5.59. The van der Waals surface area contributed by atoms with Crippen LogP contribution in [0.15, 0.2) is 38.8 Å². The van der Waals surface area contributed by atoms with E-state index in [1.165, 1.54) is 25.1 Å². The van der Waals surface area contributed by atoms with Crippen molar-refractivity contribution in [1.29, 1.82) is 0 Å². The minimum atomic E-state index is -4.80. The summed E-state index contributed by atoms with van der Waals surface area (Å²) in [5, 5.41) is -0.602. The van der Waals surface area contributed by atoms with E-state index in [0.717, 1.165) is 19.3 Å². The minimum absolute atomic E-state index is 0.0603. The number of likely N-dealkylation sites (tertiary alicyclic amines) is 1. The molecular formula is C24H24Cl2F3N3O4S. The largest absolute Gasteiger partial charge is 0.416 e. The Bertz CT molecular complexity index is 1580. The number of nitrogens with zero attached hydrogens (tertiary/aromatic N) is 2. The summed E-state index contributed by atoms with van der Waals surface area (Å²) in [5.74, 6) is -0.241. The third-order valence-corrected chi connectivity index (χ3v) is 9.00. The van der Waals surface area contributed by atoms with Gasteiger partial charge in [-0.1, -0.05) is 36.5 Å². The predicted octanol–water partition coefficient (Wildman–Crippen LogP) is 4.84. The van der Waals surface area contributed by atoms with Crippen LogP contribution in [0.1, 0.15) is 42.9 Å². The Kier molecular flexibility index (Phi) is 7.81. The number of hydrogen-bond donors (Lipinski definition) is 1. The third-order valence-electron chi connectivity index (χ3n) is 6.52. The number of halogens is 5. The van der Waals surface area contributed by atoms with Crippen molar-refractivity contribution < 1.29 is 21.6 Å². The highest BCUT2D eigenvalue weighted by Crippen LogP contribution is 2.39. The van der Waals surface area contributed by atoms with Gasteiger partial charge in [-0.15, -0.1) is 0 Å². The zero-order chi connectivity index (χ0) is 27.1. The van der Waals surface area contributed by atoms with Gasteiger partial charge in [0.1, 0.15) is 0 Å². The molecule has 4 rings (SSSR count). The lowest BCUT2D eigenvalue weighted by atomic mass is 10.0. The molecule has 0 spiro atoms. The molecule has 37 heavy (non-hydrogen) atoms. The van der Waals surface area contributed by atoms with E-state index in [4.69, 9.17) is 23.2 Å². The number of aromatic amines is 1. The molecular weight excluding hydrogens is 554 g/mol. The maximum Gasteiger partial charge on any atom is 0.416 e. The van der Waals surface area contributed by atoms with Crippen LogP contribution in [0.3, 0.4) is 0 Å². The van der Waals surface area contributed by atoms with Crippen molar-refractivity contribution in [2.45, 2.75) is 50.3 Å². The van der Waals surface area contributed by atoms with Crippen molar-refractivity contribution in [2.75, 3.05) is 18.8 Å². The first-order valence-electron chi connectivity index (χ1n) is 11.6. The van der Waals surface area contributed by atoms with E-state index in [0.29, 0.717) is 23.7 Å². The molecule has 0 saturated carbocycles. The molecule has 0 aliphatic carbocycles. The average Bonchev–Trinajstić information content (AvgIpc) is 2.83. The number of sulfone groups is 1. The van der Waals surface area contributed by atoms with E-state index in [2.05, 4.69) is 4.98 Å².